The van der Waals surface area contributed by atoms with Crippen molar-refractivity contribution in [3.05, 3.63) is 30.1 Å². The predicted molar refractivity (Wildman–Crippen MR) is 71.4 cm³/mol. The van der Waals surface area contributed by atoms with Crippen LogP contribution in [0.5, 0.6) is 5.75 Å². The van der Waals surface area contributed by atoms with E-state index in [4.69, 9.17) is 15.6 Å². The Labute approximate surface area is 107 Å². The van der Waals surface area contributed by atoms with Gasteiger partial charge in [0.25, 0.3) is 0 Å². The average molecular weight is 250 g/mol. The molecule has 0 bridgehead atoms. The first-order valence-corrected chi connectivity index (χ1v) is 5.99. The largest absolute Gasteiger partial charge is 0.491 e. The standard InChI is InChI=1S/C14H19FN2O/c1-10(16)12(11(2)17)6-5-9-18-14-8-4-3-7-13(14)15/h3-4,7-8,12,16-17H,5-6,9H2,1-2H3. The Kier molecular flexibility index (Phi) is 5.49. The van der Waals surface area contributed by atoms with E-state index in [0.29, 0.717) is 30.9 Å². The van der Waals surface area contributed by atoms with Gasteiger partial charge < -0.3 is 15.6 Å². The van der Waals surface area contributed by atoms with Gasteiger partial charge >= 0.3 is 0 Å². The summed E-state index contributed by atoms with van der Waals surface area (Å²) in [7, 11) is 0. The fraction of sp³-hybridized carbons (Fsp3) is 0.429. The highest BCUT2D eigenvalue weighted by Crippen LogP contribution is 2.16. The minimum atomic E-state index is -0.361. The van der Waals surface area contributed by atoms with Gasteiger partial charge in [-0.25, -0.2) is 4.39 Å². The topological polar surface area (TPSA) is 56.9 Å². The van der Waals surface area contributed by atoms with Crippen molar-refractivity contribution < 1.29 is 9.13 Å². The molecule has 0 spiro atoms. The summed E-state index contributed by atoms with van der Waals surface area (Å²) in [6, 6.07) is 6.30. The first kappa shape index (κ1) is 14.4. The van der Waals surface area contributed by atoms with Crippen LogP contribution in [0.3, 0.4) is 0 Å². The van der Waals surface area contributed by atoms with E-state index in [1.165, 1.54) is 6.07 Å². The molecule has 0 aromatic heterocycles. The lowest BCUT2D eigenvalue weighted by Crippen LogP contribution is -2.19. The molecule has 0 fully saturated rings. The number of hydrogen-bond acceptors (Lipinski definition) is 3. The number of benzene rings is 1. The lowest BCUT2D eigenvalue weighted by Gasteiger charge is -2.14. The quantitative estimate of drug-likeness (QED) is 0.563. The predicted octanol–water partition coefficient (Wildman–Crippen LogP) is 3.68. The SMILES string of the molecule is CC(=N)C(CCCOc1ccccc1F)C(C)=N. The lowest BCUT2D eigenvalue weighted by molar-refractivity contribution is 0.290. The van der Waals surface area contributed by atoms with Crippen molar-refractivity contribution in [2.24, 2.45) is 5.92 Å². The van der Waals surface area contributed by atoms with Crippen LogP contribution in [0.15, 0.2) is 24.3 Å². The highest BCUT2D eigenvalue weighted by Gasteiger charge is 2.13. The lowest BCUT2D eigenvalue weighted by atomic mass is 9.94. The number of ether oxygens (including phenoxy) is 1. The molecule has 0 amide bonds. The minimum Gasteiger partial charge on any atom is -0.491 e. The van der Waals surface area contributed by atoms with Crippen LogP contribution in [0.25, 0.3) is 0 Å². The number of hydrogen-bond donors (Lipinski definition) is 2. The zero-order valence-corrected chi connectivity index (χ0v) is 10.8. The van der Waals surface area contributed by atoms with E-state index in [2.05, 4.69) is 0 Å². The van der Waals surface area contributed by atoms with Crippen molar-refractivity contribution in [1.82, 2.24) is 0 Å². The Morgan fingerprint density at radius 1 is 1.22 bits per heavy atom. The summed E-state index contributed by atoms with van der Waals surface area (Å²) in [5, 5.41) is 15.1. The van der Waals surface area contributed by atoms with Crippen molar-refractivity contribution in [3.63, 3.8) is 0 Å². The minimum absolute atomic E-state index is 0.116. The Balaban J connectivity index is 2.37. The molecule has 0 heterocycles. The van der Waals surface area contributed by atoms with Crippen molar-refractivity contribution in [3.8, 4) is 5.75 Å². The molecule has 0 saturated carbocycles. The summed E-state index contributed by atoms with van der Waals surface area (Å²) in [5.41, 5.74) is 0.988. The first-order valence-electron chi connectivity index (χ1n) is 5.99. The maximum absolute atomic E-state index is 13.2. The molecule has 1 aromatic rings. The van der Waals surface area contributed by atoms with E-state index in [1.807, 2.05) is 0 Å². The molecule has 0 aliphatic rings. The summed E-state index contributed by atoms with van der Waals surface area (Å²) in [4.78, 5) is 0. The van der Waals surface area contributed by atoms with Gasteiger partial charge in [0.15, 0.2) is 11.6 Å². The monoisotopic (exact) mass is 250 g/mol. The van der Waals surface area contributed by atoms with Crippen LogP contribution < -0.4 is 4.74 Å². The van der Waals surface area contributed by atoms with Gasteiger partial charge in [-0.05, 0) is 38.8 Å². The van der Waals surface area contributed by atoms with E-state index in [9.17, 15) is 4.39 Å². The number of nitrogens with one attached hydrogen (secondary N) is 2. The molecule has 0 unspecified atom stereocenters. The first-order chi connectivity index (χ1) is 8.52. The van der Waals surface area contributed by atoms with Crippen LogP contribution in [-0.4, -0.2) is 18.0 Å². The van der Waals surface area contributed by atoms with E-state index in [1.54, 1.807) is 32.0 Å². The van der Waals surface area contributed by atoms with Crippen LogP contribution >= 0.6 is 0 Å². The molecule has 1 aromatic carbocycles. The molecule has 0 radical (unpaired) electrons. The Morgan fingerprint density at radius 2 is 1.83 bits per heavy atom. The van der Waals surface area contributed by atoms with Gasteiger partial charge in [-0.3, -0.25) is 0 Å². The van der Waals surface area contributed by atoms with Gasteiger partial charge in [0, 0.05) is 17.3 Å². The molecule has 0 atom stereocenters. The van der Waals surface area contributed by atoms with Gasteiger partial charge in [0.2, 0.25) is 0 Å². The normalized spacial score (nSPS) is 11.9. The molecule has 3 nitrogen and oxygen atoms in total. The molecule has 0 aliphatic carbocycles. The van der Waals surface area contributed by atoms with Crippen molar-refractivity contribution in [2.45, 2.75) is 26.7 Å². The molecular formula is C14H19FN2O. The van der Waals surface area contributed by atoms with E-state index in [0.717, 1.165) is 0 Å². The van der Waals surface area contributed by atoms with Crippen LogP contribution in [0.1, 0.15) is 26.7 Å². The molecular weight excluding hydrogens is 231 g/mol. The highest BCUT2D eigenvalue weighted by atomic mass is 19.1. The highest BCUT2D eigenvalue weighted by molar-refractivity contribution is 6.02. The maximum atomic E-state index is 13.2. The maximum Gasteiger partial charge on any atom is 0.165 e. The van der Waals surface area contributed by atoms with Crippen molar-refractivity contribution in [1.29, 1.82) is 10.8 Å². The molecule has 98 valence electrons. The summed E-state index contributed by atoms with van der Waals surface area (Å²) in [6.45, 7) is 3.82. The summed E-state index contributed by atoms with van der Waals surface area (Å²) >= 11 is 0. The third-order valence-corrected chi connectivity index (χ3v) is 2.78. The average Bonchev–Trinajstić information content (AvgIpc) is 2.30. The fourth-order valence-corrected chi connectivity index (χ4v) is 1.79. The zero-order valence-electron chi connectivity index (χ0n) is 10.8. The Bertz CT molecular complexity index is 418. The summed E-state index contributed by atoms with van der Waals surface area (Å²) in [5.74, 6) is -0.220. The Morgan fingerprint density at radius 3 is 2.39 bits per heavy atom. The van der Waals surface area contributed by atoms with Gasteiger partial charge in [-0.15, -0.1) is 0 Å². The van der Waals surface area contributed by atoms with Crippen LogP contribution in [-0.2, 0) is 0 Å². The van der Waals surface area contributed by atoms with Crippen LogP contribution in [0, 0.1) is 22.6 Å². The Hall–Kier alpha value is -1.71. The molecule has 2 N–H and O–H groups in total. The smallest absolute Gasteiger partial charge is 0.165 e. The number of para-hydroxylation sites is 1. The third kappa shape index (κ3) is 4.28. The van der Waals surface area contributed by atoms with Crippen molar-refractivity contribution >= 4 is 11.4 Å². The van der Waals surface area contributed by atoms with Crippen LogP contribution in [0.2, 0.25) is 0 Å². The van der Waals surface area contributed by atoms with E-state index >= 15 is 0 Å². The van der Waals surface area contributed by atoms with Gasteiger partial charge in [0.05, 0.1) is 6.61 Å². The summed E-state index contributed by atoms with van der Waals surface area (Å²) < 4.78 is 18.6. The zero-order chi connectivity index (χ0) is 13.5. The molecule has 0 saturated heterocycles. The molecule has 18 heavy (non-hydrogen) atoms. The summed E-state index contributed by atoms with van der Waals surface area (Å²) in [6.07, 6.45) is 1.39. The second-order valence-electron chi connectivity index (χ2n) is 4.34. The second-order valence-corrected chi connectivity index (χ2v) is 4.34. The van der Waals surface area contributed by atoms with Gasteiger partial charge in [-0.1, -0.05) is 12.1 Å². The molecule has 4 heteroatoms. The van der Waals surface area contributed by atoms with E-state index < -0.39 is 0 Å². The van der Waals surface area contributed by atoms with Gasteiger partial charge in [0.1, 0.15) is 0 Å². The molecule has 1 rings (SSSR count). The fourth-order valence-electron chi connectivity index (χ4n) is 1.79. The second kappa shape index (κ2) is 6.89. The van der Waals surface area contributed by atoms with Crippen molar-refractivity contribution in [2.75, 3.05) is 6.61 Å². The number of halogens is 1. The molecule has 0 aliphatic heterocycles. The van der Waals surface area contributed by atoms with E-state index in [-0.39, 0.29) is 17.5 Å². The number of rotatable bonds is 7. The third-order valence-electron chi connectivity index (χ3n) is 2.78. The van der Waals surface area contributed by atoms with Crippen LogP contribution in [0.4, 0.5) is 4.39 Å². The van der Waals surface area contributed by atoms with Gasteiger partial charge in [-0.2, -0.15) is 0 Å².